The van der Waals surface area contributed by atoms with Crippen LogP contribution in [-0.2, 0) is 0 Å². The van der Waals surface area contributed by atoms with E-state index in [1.54, 1.807) is 37.3 Å². The van der Waals surface area contributed by atoms with Crippen molar-refractivity contribution in [3.05, 3.63) is 63.9 Å². The van der Waals surface area contributed by atoms with Gasteiger partial charge in [0.05, 0.1) is 12.0 Å². The van der Waals surface area contributed by atoms with Crippen molar-refractivity contribution >= 4 is 17.4 Å². The molecule has 0 aromatic heterocycles. The molecular weight excluding hydrogens is 279 g/mol. The quantitative estimate of drug-likeness (QED) is 0.773. The van der Waals surface area contributed by atoms with Crippen LogP contribution in [-0.4, -0.2) is 5.78 Å². The lowest BCUT2D eigenvalue weighted by molar-refractivity contribution is 0.0849. The van der Waals surface area contributed by atoms with E-state index in [0.29, 0.717) is 27.5 Å². The number of aryl methyl sites for hydroxylation is 1. The minimum absolute atomic E-state index is 0.0419. The molecule has 0 saturated heterocycles. The van der Waals surface area contributed by atoms with Gasteiger partial charge in [-0.15, -0.1) is 0 Å². The molecule has 3 rings (SSSR count). The molecule has 0 radical (unpaired) electrons. The highest BCUT2D eigenvalue weighted by atomic mass is 35.5. The molecule has 2 aromatic carbocycles. The Kier molecular flexibility index (Phi) is 3.22. The van der Waals surface area contributed by atoms with Gasteiger partial charge < -0.3 is 4.74 Å². The number of Topliss-reactive ketones (excluding diaryl/α,β-unsaturated/α-hetero) is 1. The molecule has 102 valence electrons. The van der Waals surface area contributed by atoms with Crippen LogP contribution in [0.5, 0.6) is 5.75 Å². The molecule has 0 bridgehead atoms. The van der Waals surface area contributed by atoms with Gasteiger partial charge in [0.2, 0.25) is 0 Å². The maximum Gasteiger partial charge on any atom is 0.170 e. The number of benzene rings is 2. The first-order valence-electron chi connectivity index (χ1n) is 6.30. The maximum atomic E-state index is 13.6. The number of hydrogen-bond acceptors (Lipinski definition) is 2. The van der Waals surface area contributed by atoms with Gasteiger partial charge in [-0.3, -0.25) is 4.79 Å². The van der Waals surface area contributed by atoms with E-state index in [4.69, 9.17) is 16.3 Å². The minimum Gasteiger partial charge on any atom is -0.484 e. The average Bonchev–Trinajstić information content (AvgIpc) is 2.42. The van der Waals surface area contributed by atoms with Crippen LogP contribution < -0.4 is 4.74 Å². The number of halogens is 2. The van der Waals surface area contributed by atoms with Crippen LogP contribution in [0.4, 0.5) is 4.39 Å². The Morgan fingerprint density at radius 1 is 1.25 bits per heavy atom. The predicted molar refractivity (Wildman–Crippen MR) is 74.9 cm³/mol. The summed E-state index contributed by atoms with van der Waals surface area (Å²) in [5, 5.41) is 0.500. The lowest BCUT2D eigenvalue weighted by Gasteiger charge is -2.25. The Balaban J connectivity index is 1.97. The molecule has 1 atom stereocenters. The summed E-state index contributed by atoms with van der Waals surface area (Å²) in [6.07, 6.45) is -0.262. The normalized spacial score (nSPS) is 17.6. The van der Waals surface area contributed by atoms with Gasteiger partial charge in [-0.05, 0) is 42.3 Å². The number of fused-ring (bicyclic) bond motifs is 1. The highest BCUT2D eigenvalue weighted by Gasteiger charge is 2.28. The summed E-state index contributed by atoms with van der Waals surface area (Å²) in [5.74, 6) is 0.164. The van der Waals surface area contributed by atoms with Crippen LogP contribution in [0.25, 0.3) is 0 Å². The zero-order valence-corrected chi connectivity index (χ0v) is 11.6. The van der Waals surface area contributed by atoms with E-state index < -0.39 is 6.10 Å². The van der Waals surface area contributed by atoms with Gasteiger partial charge in [-0.25, -0.2) is 4.39 Å². The first kappa shape index (κ1) is 13.1. The summed E-state index contributed by atoms with van der Waals surface area (Å²) in [6, 6.07) is 9.85. The van der Waals surface area contributed by atoms with Crippen LogP contribution in [0.2, 0.25) is 5.02 Å². The number of rotatable bonds is 1. The topological polar surface area (TPSA) is 26.3 Å². The largest absolute Gasteiger partial charge is 0.484 e. The highest BCUT2D eigenvalue weighted by Crippen LogP contribution is 2.36. The van der Waals surface area contributed by atoms with E-state index in [2.05, 4.69) is 0 Å². The lowest BCUT2D eigenvalue weighted by atomic mass is 9.96. The second kappa shape index (κ2) is 4.91. The van der Waals surface area contributed by atoms with Crippen LogP contribution in [0, 0.1) is 12.7 Å². The summed E-state index contributed by atoms with van der Waals surface area (Å²) >= 11 is 5.88. The van der Waals surface area contributed by atoms with Crippen molar-refractivity contribution in [1.29, 1.82) is 0 Å². The van der Waals surface area contributed by atoms with E-state index in [9.17, 15) is 9.18 Å². The molecule has 0 fully saturated rings. The van der Waals surface area contributed by atoms with Crippen molar-refractivity contribution in [1.82, 2.24) is 0 Å². The molecule has 1 aliphatic heterocycles. The van der Waals surface area contributed by atoms with Crippen molar-refractivity contribution in [3.8, 4) is 5.75 Å². The van der Waals surface area contributed by atoms with Crippen molar-refractivity contribution in [3.63, 3.8) is 0 Å². The zero-order valence-electron chi connectivity index (χ0n) is 10.8. The number of carbonyl (C=O) groups excluding carboxylic acids is 1. The van der Waals surface area contributed by atoms with Crippen LogP contribution in [0.3, 0.4) is 0 Å². The Morgan fingerprint density at radius 3 is 2.80 bits per heavy atom. The number of ether oxygens (including phenoxy) is 1. The molecule has 0 amide bonds. The van der Waals surface area contributed by atoms with E-state index >= 15 is 0 Å². The van der Waals surface area contributed by atoms with Gasteiger partial charge >= 0.3 is 0 Å². The number of hydrogen-bond donors (Lipinski definition) is 0. The fraction of sp³-hybridized carbons (Fsp3) is 0.188. The molecule has 1 unspecified atom stereocenters. The fourth-order valence-corrected chi connectivity index (χ4v) is 2.46. The summed E-state index contributed by atoms with van der Waals surface area (Å²) < 4.78 is 19.4. The summed E-state index contributed by atoms with van der Waals surface area (Å²) in [7, 11) is 0. The second-order valence-corrected chi connectivity index (χ2v) is 5.32. The van der Waals surface area contributed by atoms with Gasteiger partial charge in [0.1, 0.15) is 17.7 Å². The molecule has 4 heteroatoms. The van der Waals surface area contributed by atoms with Crippen molar-refractivity contribution in [2.24, 2.45) is 0 Å². The first-order valence-corrected chi connectivity index (χ1v) is 6.68. The van der Waals surface area contributed by atoms with Crippen LogP contribution in [0.1, 0.15) is 34.0 Å². The molecule has 0 spiro atoms. The molecule has 2 aromatic rings. The van der Waals surface area contributed by atoms with E-state index in [1.807, 2.05) is 0 Å². The minimum atomic E-state index is -0.453. The highest BCUT2D eigenvalue weighted by molar-refractivity contribution is 6.31. The lowest BCUT2D eigenvalue weighted by Crippen LogP contribution is -2.20. The Hall–Kier alpha value is -1.87. The Labute approximate surface area is 121 Å². The third-order valence-electron chi connectivity index (χ3n) is 3.45. The standard InChI is InChI=1S/C16H12ClFO2/c1-9-2-3-10(6-13(9)18)16-8-14(19)12-7-11(17)4-5-15(12)20-16/h2-7,16H,8H2,1H3. The molecule has 0 N–H and O–H groups in total. The summed E-state index contributed by atoms with van der Waals surface area (Å²) in [6.45, 7) is 1.70. The molecule has 1 heterocycles. The van der Waals surface area contributed by atoms with E-state index in [0.717, 1.165) is 0 Å². The van der Waals surface area contributed by atoms with Gasteiger partial charge in [0, 0.05) is 5.02 Å². The predicted octanol–water partition coefficient (Wildman–Crippen LogP) is 4.49. The average molecular weight is 291 g/mol. The Bertz CT molecular complexity index is 697. The molecule has 0 aliphatic carbocycles. The fourth-order valence-electron chi connectivity index (χ4n) is 2.29. The van der Waals surface area contributed by atoms with Crippen LogP contribution in [0.15, 0.2) is 36.4 Å². The van der Waals surface area contributed by atoms with E-state index in [-0.39, 0.29) is 18.0 Å². The van der Waals surface area contributed by atoms with Crippen LogP contribution >= 0.6 is 11.6 Å². The third-order valence-corrected chi connectivity index (χ3v) is 3.68. The van der Waals surface area contributed by atoms with E-state index in [1.165, 1.54) is 6.07 Å². The van der Waals surface area contributed by atoms with Gasteiger partial charge in [0.15, 0.2) is 5.78 Å². The second-order valence-electron chi connectivity index (χ2n) is 4.88. The SMILES string of the molecule is Cc1ccc(C2CC(=O)c3cc(Cl)ccc3O2)cc1F. The zero-order chi connectivity index (χ0) is 14.3. The van der Waals surface area contributed by atoms with Crippen molar-refractivity contribution in [2.75, 3.05) is 0 Å². The molecule has 20 heavy (non-hydrogen) atoms. The summed E-state index contributed by atoms with van der Waals surface area (Å²) in [4.78, 5) is 12.1. The number of carbonyl (C=O) groups is 1. The molecule has 2 nitrogen and oxygen atoms in total. The third kappa shape index (κ3) is 2.29. The van der Waals surface area contributed by atoms with Crippen molar-refractivity contribution in [2.45, 2.75) is 19.4 Å². The molecule has 0 saturated carbocycles. The number of ketones is 1. The molecule has 1 aliphatic rings. The van der Waals surface area contributed by atoms with Gasteiger partial charge in [-0.1, -0.05) is 23.7 Å². The van der Waals surface area contributed by atoms with Gasteiger partial charge in [-0.2, -0.15) is 0 Å². The monoisotopic (exact) mass is 290 g/mol. The van der Waals surface area contributed by atoms with Crippen molar-refractivity contribution < 1.29 is 13.9 Å². The first-order chi connectivity index (χ1) is 9.54. The maximum absolute atomic E-state index is 13.6. The summed E-state index contributed by atoms with van der Waals surface area (Å²) in [5.41, 5.74) is 1.73. The molecular formula is C16H12ClFO2. The Morgan fingerprint density at radius 2 is 2.05 bits per heavy atom. The smallest absolute Gasteiger partial charge is 0.170 e. The van der Waals surface area contributed by atoms with Gasteiger partial charge in [0.25, 0.3) is 0 Å².